The van der Waals surface area contributed by atoms with E-state index in [1.807, 2.05) is 54.6 Å². The first kappa shape index (κ1) is 26.6. The van der Waals surface area contributed by atoms with Crippen LogP contribution in [0, 0.1) is 5.82 Å². The Morgan fingerprint density at radius 1 is 0.821 bits per heavy atom. The molecule has 0 unspecified atom stereocenters. The van der Waals surface area contributed by atoms with E-state index < -0.39 is 6.04 Å². The molecule has 1 aliphatic rings. The van der Waals surface area contributed by atoms with Gasteiger partial charge in [0.2, 0.25) is 11.8 Å². The van der Waals surface area contributed by atoms with Crippen LogP contribution < -0.4 is 5.32 Å². The lowest BCUT2D eigenvalue weighted by molar-refractivity contribution is -0.141. The van der Waals surface area contributed by atoms with Gasteiger partial charge < -0.3 is 10.2 Å². The maximum Gasteiger partial charge on any atom is 0.243 e. The number of hydrogen-bond acceptors (Lipinski definition) is 2. The van der Waals surface area contributed by atoms with Crippen LogP contribution in [-0.2, 0) is 29.0 Å². The lowest BCUT2D eigenvalue weighted by Gasteiger charge is -2.32. The van der Waals surface area contributed by atoms with E-state index in [4.69, 9.17) is 0 Å². The van der Waals surface area contributed by atoms with Crippen LogP contribution in [0.15, 0.2) is 97.1 Å². The second kappa shape index (κ2) is 12.7. The van der Waals surface area contributed by atoms with E-state index in [0.29, 0.717) is 18.4 Å². The van der Waals surface area contributed by atoms with Gasteiger partial charge in [0.1, 0.15) is 11.9 Å². The zero-order valence-corrected chi connectivity index (χ0v) is 22.2. The second-order valence-corrected chi connectivity index (χ2v) is 10.4. The number of nitrogens with zero attached hydrogens (tertiary/aromatic N) is 1. The maximum absolute atomic E-state index is 14.8. The highest BCUT2D eigenvalue weighted by atomic mass is 19.1. The highest BCUT2D eigenvalue weighted by Crippen LogP contribution is 2.23. The van der Waals surface area contributed by atoms with E-state index >= 15 is 0 Å². The van der Waals surface area contributed by atoms with Gasteiger partial charge in [0, 0.05) is 31.0 Å². The van der Waals surface area contributed by atoms with Crippen molar-refractivity contribution in [1.29, 1.82) is 0 Å². The summed E-state index contributed by atoms with van der Waals surface area (Å²) in [6, 6.07) is 29.9. The van der Waals surface area contributed by atoms with Crippen LogP contribution in [0.25, 0.3) is 10.8 Å². The van der Waals surface area contributed by atoms with Gasteiger partial charge in [0.05, 0.1) is 0 Å². The van der Waals surface area contributed by atoms with E-state index in [1.165, 1.54) is 6.07 Å². The normalized spacial score (nSPS) is 14.3. The number of carbonyl (C=O) groups excluding carboxylic acids is 2. The molecular formula is C34H35FN2O2. The van der Waals surface area contributed by atoms with Gasteiger partial charge in [-0.25, -0.2) is 4.39 Å². The fourth-order valence-corrected chi connectivity index (χ4v) is 5.63. The van der Waals surface area contributed by atoms with Crippen LogP contribution in [0.3, 0.4) is 0 Å². The van der Waals surface area contributed by atoms with Gasteiger partial charge in [0.25, 0.3) is 0 Å². The Bertz CT molecular complexity index is 1410. The minimum absolute atomic E-state index is 0.0383. The van der Waals surface area contributed by atoms with Crippen LogP contribution in [-0.4, -0.2) is 28.8 Å². The Kier molecular flexibility index (Phi) is 8.67. The average Bonchev–Trinajstić information content (AvgIpc) is 3.48. The third-order valence-corrected chi connectivity index (χ3v) is 7.76. The van der Waals surface area contributed by atoms with Crippen LogP contribution in [0.5, 0.6) is 0 Å². The first-order valence-corrected chi connectivity index (χ1v) is 13.9. The van der Waals surface area contributed by atoms with Crippen molar-refractivity contribution in [3.8, 4) is 0 Å². The summed E-state index contributed by atoms with van der Waals surface area (Å²) >= 11 is 0. The topological polar surface area (TPSA) is 49.4 Å². The van der Waals surface area contributed by atoms with Crippen molar-refractivity contribution in [2.45, 2.75) is 63.6 Å². The van der Waals surface area contributed by atoms with Gasteiger partial charge in [-0.3, -0.25) is 9.59 Å². The summed E-state index contributed by atoms with van der Waals surface area (Å²) in [6.07, 6.45) is 5.22. The standard InChI is InChI=1S/C34H35FN2O2/c35-31-20-9-5-14-28(31)24-37(33(38)22-21-27-16-10-15-26-13-4-8-19-30(26)27)32(23-25-11-2-1-3-12-25)34(39)36-29-17-6-7-18-29/h1-5,8-16,19-20,29,32H,6-7,17-18,21-24H2,(H,36,39)/t32-/m1/s1. The quantitative estimate of drug-likeness (QED) is 0.255. The number of rotatable bonds is 10. The summed E-state index contributed by atoms with van der Waals surface area (Å²) in [5, 5.41) is 5.45. The molecule has 0 aliphatic heterocycles. The highest BCUT2D eigenvalue weighted by Gasteiger charge is 2.32. The molecule has 200 valence electrons. The number of amides is 2. The molecule has 4 nitrogen and oxygen atoms in total. The van der Waals surface area contributed by atoms with E-state index in [-0.39, 0.29) is 36.6 Å². The summed E-state index contributed by atoms with van der Waals surface area (Å²) in [5.74, 6) is -0.701. The van der Waals surface area contributed by atoms with Gasteiger partial charge >= 0.3 is 0 Å². The first-order chi connectivity index (χ1) is 19.1. The Morgan fingerprint density at radius 2 is 1.49 bits per heavy atom. The number of benzene rings is 4. The average molecular weight is 523 g/mol. The Morgan fingerprint density at radius 3 is 2.28 bits per heavy atom. The monoisotopic (exact) mass is 522 g/mol. The van der Waals surface area contributed by atoms with E-state index in [9.17, 15) is 14.0 Å². The predicted molar refractivity (Wildman–Crippen MR) is 154 cm³/mol. The Hall–Kier alpha value is -3.99. The molecule has 2 amide bonds. The van der Waals surface area contributed by atoms with Crippen molar-refractivity contribution in [3.63, 3.8) is 0 Å². The lowest BCUT2D eigenvalue weighted by Crippen LogP contribution is -2.52. The van der Waals surface area contributed by atoms with E-state index in [1.54, 1.807) is 23.1 Å². The molecule has 0 spiro atoms. The molecule has 1 fully saturated rings. The number of carbonyl (C=O) groups is 2. The van der Waals surface area contributed by atoms with Crippen LogP contribution >= 0.6 is 0 Å². The number of halogens is 1. The van der Waals surface area contributed by atoms with Crippen LogP contribution in [0.1, 0.15) is 48.8 Å². The van der Waals surface area contributed by atoms with Gasteiger partial charge in [-0.1, -0.05) is 104 Å². The molecule has 4 aromatic rings. The molecule has 1 atom stereocenters. The summed E-state index contributed by atoms with van der Waals surface area (Å²) in [6.45, 7) is 0.0383. The number of hydrogen-bond donors (Lipinski definition) is 1. The summed E-state index contributed by atoms with van der Waals surface area (Å²) < 4.78 is 14.8. The number of nitrogens with one attached hydrogen (secondary N) is 1. The molecule has 1 N–H and O–H groups in total. The van der Waals surface area contributed by atoms with Crippen LogP contribution in [0.4, 0.5) is 4.39 Å². The molecule has 1 aliphatic carbocycles. The fraction of sp³-hybridized carbons (Fsp3) is 0.294. The zero-order valence-electron chi connectivity index (χ0n) is 22.2. The van der Waals surface area contributed by atoms with Crippen molar-refractivity contribution in [2.24, 2.45) is 0 Å². The third kappa shape index (κ3) is 6.72. The molecule has 39 heavy (non-hydrogen) atoms. The zero-order chi connectivity index (χ0) is 27.0. The molecule has 4 aromatic carbocycles. The third-order valence-electron chi connectivity index (χ3n) is 7.76. The molecule has 0 saturated heterocycles. The number of fused-ring (bicyclic) bond motifs is 1. The summed E-state index contributed by atoms with van der Waals surface area (Å²) in [7, 11) is 0. The molecular weight excluding hydrogens is 487 g/mol. The smallest absolute Gasteiger partial charge is 0.243 e. The highest BCUT2D eigenvalue weighted by molar-refractivity contribution is 5.89. The maximum atomic E-state index is 14.8. The predicted octanol–water partition coefficient (Wildman–Crippen LogP) is 6.61. The molecule has 0 radical (unpaired) electrons. The van der Waals surface area contributed by atoms with Gasteiger partial charge in [-0.2, -0.15) is 0 Å². The van der Waals surface area contributed by atoms with Crippen molar-refractivity contribution in [2.75, 3.05) is 0 Å². The molecule has 5 heteroatoms. The fourth-order valence-electron chi connectivity index (χ4n) is 5.63. The minimum atomic E-state index is -0.743. The first-order valence-electron chi connectivity index (χ1n) is 13.9. The van der Waals surface area contributed by atoms with Gasteiger partial charge in [0.15, 0.2) is 0 Å². The molecule has 0 heterocycles. The number of aryl methyl sites for hydroxylation is 1. The van der Waals surface area contributed by atoms with Crippen molar-refractivity contribution in [1.82, 2.24) is 10.2 Å². The van der Waals surface area contributed by atoms with Crippen LogP contribution in [0.2, 0.25) is 0 Å². The van der Waals surface area contributed by atoms with E-state index in [0.717, 1.165) is 47.6 Å². The lowest BCUT2D eigenvalue weighted by atomic mass is 9.99. The SMILES string of the molecule is O=C(NC1CCCC1)[C@@H](Cc1ccccc1)N(Cc1ccccc1F)C(=O)CCc1cccc2ccccc12. The summed E-state index contributed by atoms with van der Waals surface area (Å²) in [5.41, 5.74) is 2.45. The Balaban J connectivity index is 1.44. The van der Waals surface area contributed by atoms with Crippen molar-refractivity contribution in [3.05, 3.63) is 120 Å². The molecule has 1 saturated carbocycles. The largest absolute Gasteiger partial charge is 0.352 e. The minimum Gasteiger partial charge on any atom is -0.352 e. The van der Waals surface area contributed by atoms with Crippen molar-refractivity contribution >= 4 is 22.6 Å². The van der Waals surface area contributed by atoms with Crippen molar-refractivity contribution < 1.29 is 14.0 Å². The molecule has 0 aromatic heterocycles. The summed E-state index contributed by atoms with van der Waals surface area (Å²) in [4.78, 5) is 29.3. The molecule has 0 bridgehead atoms. The van der Waals surface area contributed by atoms with Gasteiger partial charge in [-0.05, 0) is 47.2 Å². The Labute approximate surface area is 229 Å². The second-order valence-electron chi connectivity index (χ2n) is 10.4. The molecule has 5 rings (SSSR count). The van der Waals surface area contributed by atoms with Gasteiger partial charge in [-0.15, -0.1) is 0 Å². The van der Waals surface area contributed by atoms with E-state index in [2.05, 4.69) is 23.5 Å².